The van der Waals surface area contributed by atoms with Gasteiger partial charge in [-0.1, -0.05) is 84.9 Å². The van der Waals surface area contributed by atoms with E-state index in [9.17, 15) is 23.8 Å². The molecule has 0 saturated carbocycles. The summed E-state index contributed by atoms with van der Waals surface area (Å²) in [6.07, 6.45) is 0.916. The fourth-order valence-corrected chi connectivity index (χ4v) is 7.12. The number of hydrogen-bond donors (Lipinski definition) is 1. The largest absolute Gasteiger partial charge is 1.00 e. The van der Waals surface area contributed by atoms with Crippen LogP contribution in [0.2, 0.25) is 0 Å². The SMILES string of the molecule is C=CCN1CC(=O)N2[C@@H](Cc3ccc(O[P+](=O)[O-])cc3)C(=O)N(Cc3cccc4c3oc3ccccc34)C[C@@H]2N1C(=O)NCc1ccccc1.[Na+]. The molecule has 2 aliphatic rings. The number of amides is 4. The van der Waals surface area contributed by atoms with Crippen LogP contribution in [0.25, 0.3) is 21.9 Å². The Morgan fingerprint density at radius 3 is 2.43 bits per heavy atom. The Bertz CT molecular complexity index is 2090. The second-order valence-corrected chi connectivity index (χ2v) is 12.8. The molecular formula is C37H34N5NaO7P+. The number of urea groups is 1. The van der Waals surface area contributed by atoms with Gasteiger partial charge in [0.25, 0.3) is 0 Å². The van der Waals surface area contributed by atoms with Gasteiger partial charge in [0.1, 0.15) is 23.4 Å². The van der Waals surface area contributed by atoms with Gasteiger partial charge in [-0.25, -0.2) is 14.8 Å². The average Bonchev–Trinajstić information content (AvgIpc) is 3.50. The number of carbonyl (C=O) groups excluding carboxylic acids is 3. The molecule has 51 heavy (non-hydrogen) atoms. The Kier molecular flexibility index (Phi) is 11.2. The summed E-state index contributed by atoms with van der Waals surface area (Å²) in [7, 11) is -3.09. The summed E-state index contributed by atoms with van der Waals surface area (Å²) in [6, 6.07) is 28.0. The van der Waals surface area contributed by atoms with E-state index in [2.05, 4.69) is 11.9 Å². The van der Waals surface area contributed by atoms with Gasteiger partial charge in [0, 0.05) is 42.4 Å². The second-order valence-electron chi connectivity index (χ2n) is 12.2. The number of nitrogens with one attached hydrogen (secondary N) is 1. The first kappa shape index (κ1) is 36.2. The third kappa shape index (κ3) is 7.57. The van der Waals surface area contributed by atoms with Gasteiger partial charge < -0.3 is 24.4 Å². The third-order valence-electron chi connectivity index (χ3n) is 9.04. The van der Waals surface area contributed by atoms with Crippen molar-refractivity contribution < 1.29 is 62.3 Å². The summed E-state index contributed by atoms with van der Waals surface area (Å²) in [5.74, 6) is -0.453. The summed E-state index contributed by atoms with van der Waals surface area (Å²) in [4.78, 5) is 56.8. The van der Waals surface area contributed by atoms with Crippen molar-refractivity contribution in [3.63, 3.8) is 0 Å². The van der Waals surface area contributed by atoms with Crippen molar-refractivity contribution in [2.75, 3.05) is 19.6 Å². The normalized spacial score (nSPS) is 18.0. The van der Waals surface area contributed by atoms with E-state index in [1.165, 1.54) is 22.0 Å². The molecule has 12 nitrogen and oxygen atoms in total. The van der Waals surface area contributed by atoms with Gasteiger partial charge in [-0.15, -0.1) is 6.58 Å². The third-order valence-corrected chi connectivity index (χ3v) is 9.40. The number of hydrazine groups is 1. The molecule has 3 heterocycles. The molecule has 0 aliphatic carbocycles. The molecule has 1 aromatic heterocycles. The smallest absolute Gasteiger partial charge is 0.558 e. The Morgan fingerprint density at radius 2 is 1.69 bits per heavy atom. The average molecular weight is 715 g/mol. The van der Waals surface area contributed by atoms with E-state index in [0.29, 0.717) is 11.1 Å². The Balaban J connectivity index is 0.00000448. The molecule has 5 aromatic rings. The Hall–Kier alpha value is -4.55. The number of rotatable bonds is 10. The van der Waals surface area contributed by atoms with Crippen molar-refractivity contribution in [2.45, 2.75) is 31.7 Å². The van der Waals surface area contributed by atoms with Crippen LogP contribution in [-0.2, 0) is 33.7 Å². The first-order valence-electron chi connectivity index (χ1n) is 16.2. The first-order chi connectivity index (χ1) is 24.3. The fraction of sp³-hybridized carbons (Fsp3) is 0.216. The van der Waals surface area contributed by atoms with Crippen LogP contribution in [0.5, 0.6) is 5.75 Å². The molecular weight excluding hydrogens is 680 g/mol. The second kappa shape index (κ2) is 15.8. The number of piperazine rings is 1. The minimum Gasteiger partial charge on any atom is -0.558 e. The first-order valence-corrected chi connectivity index (χ1v) is 17.3. The number of para-hydroxylation sites is 2. The van der Waals surface area contributed by atoms with Crippen molar-refractivity contribution in [1.82, 2.24) is 25.1 Å². The maximum atomic E-state index is 14.5. The monoisotopic (exact) mass is 714 g/mol. The fourth-order valence-electron chi connectivity index (χ4n) is 6.83. The van der Waals surface area contributed by atoms with Crippen LogP contribution in [-0.4, -0.2) is 69.5 Å². The summed E-state index contributed by atoms with van der Waals surface area (Å²) in [5, 5.41) is 8.07. The van der Waals surface area contributed by atoms with E-state index in [-0.39, 0.29) is 86.3 Å². The molecule has 2 saturated heterocycles. The van der Waals surface area contributed by atoms with Gasteiger partial charge in [0.2, 0.25) is 11.8 Å². The standard InChI is InChI=1S/C37H34N5O7P.Na/c1-2-19-40-24-34(43)41-31(20-25-15-17-28(18-16-25)49-50(46)47)36(44)39(23-33(41)42(40)37(45)38-21-26-9-4-3-5-10-26)22-27-11-8-13-30-29-12-6-7-14-32(29)48-35(27)30;/h2-18,31,33H,1,19-24H2,(H,38,45);/q;+1/t31-,33-;/m0./s1. The topological polar surface area (TPSA) is 139 Å². The van der Waals surface area contributed by atoms with Gasteiger partial charge >= 0.3 is 43.8 Å². The van der Waals surface area contributed by atoms with Crippen LogP contribution in [0.4, 0.5) is 4.79 Å². The van der Waals surface area contributed by atoms with Crippen molar-refractivity contribution in [3.8, 4) is 5.75 Å². The molecule has 4 aromatic carbocycles. The number of nitrogens with zero attached hydrogens (tertiary/aromatic N) is 4. The van der Waals surface area contributed by atoms with Gasteiger partial charge in [0.05, 0.1) is 13.1 Å². The zero-order valence-corrected chi connectivity index (χ0v) is 30.9. The predicted molar refractivity (Wildman–Crippen MR) is 184 cm³/mol. The van der Waals surface area contributed by atoms with E-state index < -0.39 is 26.5 Å². The minimum atomic E-state index is -3.09. The summed E-state index contributed by atoms with van der Waals surface area (Å²) < 4.78 is 22.1. The van der Waals surface area contributed by atoms with Crippen LogP contribution in [0.3, 0.4) is 0 Å². The molecule has 3 atom stereocenters. The zero-order chi connectivity index (χ0) is 34.8. The molecule has 4 amide bonds. The number of fused-ring (bicyclic) bond motifs is 4. The molecule has 0 bridgehead atoms. The Morgan fingerprint density at radius 1 is 0.961 bits per heavy atom. The van der Waals surface area contributed by atoms with E-state index in [0.717, 1.165) is 27.5 Å². The van der Waals surface area contributed by atoms with Crippen LogP contribution in [0.1, 0.15) is 16.7 Å². The van der Waals surface area contributed by atoms with Crippen LogP contribution >= 0.6 is 8.25 Å². The number of furan rings is 1. The van der Waals surface area contributed by atoms with E-state index in [1.54, 1.807) is 28.1 Å². The quantitative estimate of drug-likeness (QED) is 0.131. The van der Waals surface area contributed by atoms with Gasteiger partial charge in [0.15, 0.2) is 5.75 Å². The molecule has 1 unspecified atom stereocenters. The van der Waals surface area contributed by atoms with E-state index in [1.807, 2.05) is 72.8 Å². The van der Waals surface area contributed by atoms with Crippen LogP contribution in [0.15, 0.2) is 114 Å². The molecule has 1 N–H and O–H groups in total. The summed E-state index contributed by atoms with van der Waals surface area (Å²) in [6.45, 7) is 4.44. The van der Waals surface area contributed by atoms with E-state index >= 15 is 0 Å². The zero-order valence-electron chi connectivity index (χ0n) is 28.0. The maximum absolute atomic E-state index is 14.5. The number of carbonyl (C=O) groups is 3. The molecule has 254 valence electrons. The maximum Gasteiger partial charge on any atom is 1.00 e. The summed E-state index contributed by atoms with van der Waals surface area (Å²) in [5.41, 5.74) is 3.78. The van der Waals surface area contributed by atoms with Crippen LogP contribution < -0.4 is 44.3 Å². The van der Waals surface area contributed by atoms with Crippen molar-refractivity contribution in [1.29, 1.82) is 0 Å². The van der Waals surface area contributed by atoms with Crippen molar-refractivity contribution in [2.24, 2.45) is 0 Å². The molecule has 2 fully saturated rings. The van der Waals surface area contributed by atoms with Gasteiger partial charge in [-0.2, -0.15) is 0 Å². The number of hydrogen-bond acceptors (Lipinski definition) is 8. The minimum absolute atomic E-state index is 0. The molecule has 2 aliphatic heterocycles. The van der Waals surface area contributed by atoms with Crippen molar-refractivity contribution in [3.05, 3.63) is 126 Å². The van der Waals surface area contributed by atoms with Crippen LogP contribution in [0, 0.1) is 0 Å². The van der Waals surface area contributed by atoms with Crippen molar-refractivity contribution >= 4 is 48.0 Å². The molecule has 0 spiro atoms. The molecule has 7 rings (SSSR count). The molecule has 0 radical (unpaired) electrons. The Labute approximate surface area is 317 Å². The van der Waals surface area contributed by atoms with Gasteiger partial charge in [-0.05, 0) is 33.9 Å². The predicted octanol–water partition coefficient (Wildman–Crippen LogP) is 1.72. The van der Waals surface area contributed by atoms with Gasteiger partial charge in [-0.3, -0.25) is 14.1 Å². The molecule has 14 heteroatoms. The number of benzene rings is 4. The summed E-state index contributed by atoms with van der Waals surface area (Å²) >= 11 is 0. The van der Waals surface area contributed by atoms with E-state index in [4.69, 9.17) is 8.94 Å².